The molecule has 1 spiro atoms. The van der Waals surface area contributed by atoms with Crippen LogP contribution in [0.1, 0.15) is 38.5 Å². The summed E-state index contributed by atoms with van der Waals surface area (Å²) in [7, 11) is 1.77. The Morgan fingerprint density at radius 3 is 2.67 bits per heavy atom. The molecule has 120 valence electrons. The third-order valence-electron chi connectivity index (χ3n) is 5.35. The molecule has 0 aromatic carbocycles. The van der Waals surface area contributed by atoms with Gasteiger partial charge in [0.15, 0.2) is 0 Å². The van der Waals surface area contributed by atoms with Gasteiger partial charge in [-0.3, -0.25) is 9.69 Å². The van der Waals surface area contributed by atoms with Crippen LogP contribution in [0.5, 0.6) is 0 Å². The summed E-state index contributed by atoms with van der Waals surface area (Å²) in [5, 5.41) is 0. The van der Waals surface area contributed by atoms with Gasteiger partial charge < -0.3 is 14.4 Å². The lowest BCUT2D eigenvalue weighted by Gasteiger charge is -2.44. The molecule has 2 atom stereocenters. The average Bonchev–Trinajstić information content (AvgIpc) is 2.99. The Morgan fingerprint density at radius 1 is 1.19 bits per heavy atom. The van der Waals surface area contributed by atoms with Crippen LogP contribution < -0.4 is 0 Å². The molecular weight excluding hydrogens is 268 g/mol. The highest BCUT2D eigenvalue weighted by Gasteiger charge is 2.46. The monoisotopic (exact) mass is 296 g/mol. The normalized spacial score (nSPS) is 34.5. The Bertz CT molecular complexity index is 363. The maximum atomic E-state index is 12.4. The average molecular weight is 296 g/mol. The van der Waals surface area contributed by atoms with E-state index in [1.807, 2.05) is 4.90 Å². The lowest BCUT2D eigenvalue weighted by molar-refractivity contribution is -0.150. The standard InChI is InChI=1S/C16H28N2O3/c1-20-14-12-17(10-7-16(14)6-5-11-21-16)13-15(19)18-8-3-2-4-9-18/h14H,2-13H2,1H3/t14-,16-/m0/s1. The number of carbonyl (C=O) groups excluding carboxylic acids is 1. The third kappa shape index (κ3) is 3.25. The van der Waals surface area contributed by atoms with Crippen LogP contribution in [-0.4, -0.2) is 73.9 Å². The van der Waals surface area contributed by atoms with Gasteiger partial charge in [0.05, 0.1) is 18.2 Å². The van der Waals surface area contributed by atoms with Crippen LogP contribution in [-0.2, 0) is 14.3 Å². The molecule has 3 rings (SSSR count). The number of nitrogens with zero attached hydrogens (tertiary/aromatic N) is 2. The number of amides is 1. The molecule has 3 aliphatic heterocycles. The zero-order chi connectivity index (χ0) is 14.7. The Balaban J connectivity index is 1.54. The van der Waals surface area contributed by atoms with Crippen LogP contribution in [0.2, 0.25) is 0 Å². The van der Waals surface area contributed by atoms with Crippen molar-refractivity contribution in [3.63, 3.8) is 0 Å². The summed E-state index contributed by atoms with van der Waals surface area (Å²) in [5.74, 6) is 0.285. The molecule has 0 saturated carbocycles. The minimum absolute atomic E-state index is 0.0839. The Hall–Kier alpha value is -0.650. The van der Waals surface area contributed by atoms with E-state index in [0.717, 1.165) is 64.9 Å². The van der Waals surface area contributed by atoms with E-state index in [0.29, 0.717) is 6.54 Å². The Morgan fingerprint density at radius 2 is 2.00 bits per heavy atom. The summed E-state index contributed by atoms with van der Waals surface area (Å²) < 4.78 is 11.7. The fourth-order valence-corrected chi connectivity index (χ4v) is 4.04. The number of methoxy groups -OCH3 is 1. The molecule has 0 N–H and O–H groups in total. The van der Waals surface area contributed by atoms with Gasteiger partial charge in [0, 0.05) is 39.9 Å². The molecule has 0 aromatic heterocycles. The lowest BCUT2D eigenvalue weighted by Crippen LogP contribution is -2.57. The van der Waals surface area contributed by atoms with E-state index < -0.39 is 0 Å². The van der Waals surface area contributed by atoms with Gasteiger partial charge in [-0.15, -0.1) is 0 Å². The van der Waals surface area contributed by atoms with Crippen LogP contribution in [0, 0.1) is 0 Å². The van der Waals surface area contributed by atoms with Crippen LogP contribution >= 0.6 is 0 Å². The third-order valence-corrected chi connectivity index (χ3v) is 5.35. The molecule has 3 aliphatic rings. The number of rotatable bonds is 3. The predicted molar refractivity (Wildman–Crippen MR) is 80.2 cm³/mol. The summed E-state index contributed by atoms with van der Waals surface area (Å²) in [6, 6.07) is 0. The van der Waals surface area contributed by atoms with Crippen LogP contribution in [0.4, 0.5) is 0 Å². The molecule has 1 amide bonds. The largest absolute Gasteiger partial charge is 0.377 e. The zero-order valence-corrected chi connectivity index (χ0v) is 13.2. The van der Waals surface area contributed by atoms with E-state index >= 15 is 0 Å². The minimum Gasteiger partial charge on any atom is -0.377 e. The van der Waals surface area contributed by atoms with Crippen molar-refractivity contribution < 1.29 is 14.3 Å². The van der Waals surface area contributed by atoms with Gasteiger partial charge >= 0.3 is 0 Å². The first kappa shape index (κ1) is 15.3. The van der Waals surface area contributed by atoms with Crippen molar-refractivity contribution >= 4 is 5.91 Å². The molecule has 3 saturated heterocycles. The van der Waals surface area contributed by atoms with Gasteiger partial charge in [-0.1, -0.05) is 0 Å². The molecule has 21 heavy (non-hydrogen) atoms. The van der Waals surface area contributed by atoms with Crippen molar-refractivity contribution in [2.75, 3.05) is 46.4 Å². The van der Waals surface area contributed by atoms with Gasteiger partial charge in [-0.25, -0.2) is 0 Å². The number of piperidine rings is 2. The Labute approximate surface area is 127 Å². The summed E-state index contributed by atoms with van der Waals surface area (Å²) in [6.07, 6.45) is 6.89. The van der Waals surface area contributed by atoms with Crippen molar-refractivity contribution in [1.29, 1.82) is 0 Å². The fraction of sp³-hybridized carbons (Fsp3) is 0.938. The van der Waals surface area contributed by atoms with Crippen molar-refractivity contribution in [3.8, 4) is 0 Å². The second kappa shape index (κ2) is 6.63. The van der Waals surface area contributed by atoms with Crippen LogP contribution in [0.3, 0.4) is 0 Å². The molecule has 3 heterocycles. The molecule has 0 aromatic rings. The first-order chi connectivity index (χ1) is 10.2. The molecule has 5 nitrogen and oxygen atoms in total. The van der Waals surface area contributed by atoms with Crippen molar-refractivity contribution in [1.82, 2.24) is 9.80 Å². The fourth-order valence-electron chi connectivity index (χ4n) is 4.04. The molecule has 3 fully saturated rings. The highest BCUT2D eigenvalue weighted by molar-refractivity contribution is 5.78. The van der Waals surface area contributed by atoms with E-state index in [1.54, 1.807) is 7.11 Å². The van der Waals surface area contributed by atoms with Gasteiger partial charge in [0.1, 0.15) is 0 Å². The highest BCUT2D eigenvalue weighted by Crippen LogP contribution is 2.37. The van der Waals surface area contributed by atoms with Crippen LogP contribution in [0.15, 0.2) is 0 Å². The second-order valence-corrected chi connectivity index (χ2v) is 6.67. The molecule has 0 radical (unpaired) electrons. The maximum absolute atomic E-state index is 12.4. The number of hydrogen-bond acceptors (Lipinski definition) is 4. The topological polar surface area (TPSA) is 42.0 Å². The first-order valence-electron chi connectivity index (χ1n) is 8.40. The highest BCUT2D eigenvalue weighted by atomic mass is 16.5. The van der Waals surface area contributed by atoms with Crippen molar-refractivity contribution in [2.45, 2.75) is 50.2 Å². The number of likely N-dealkylation sites (tertiary alicyclic amines) is 2. The van der Waals surface area contributed by atoms with Gasteiger partial charge in [0.25, 0.3) is 0 Å². The number of ether oxygens (including phenoxy) is 2. The zero-order valence-electron chi connectivity index (χ0n) is 13.2. The predicted octanol–water partition coefficient (Wildman–Crippen LogP) is 1.27. The van der Waals surface area contributed by atoms with Gasteiger partial charge in [0.2, 0.25) is 5.91 Å². The minimum atomic E-state index is -0.0839. The van der Waals surface area contributed by atoms with E-state index in [4.69, 9.17) is 9.47 Å². The van der Waals surface area contributed by atoms with Crippen molar-refractivity contribution in [3.05, 3.63) is 0 Å². The van der Waals surface area contributed by atoms with Crippen molar-refractivity contribution in [2.24, 2.45) is 0 Å². The van der Waals surface area contributed by atoms with E-state index in [1.165, 1.54) is 6.42 Å². The maximum Gasteiger partial charge on any atom is 0.236 e. The SMILES string of the molecule is CO[C@H]1CN(CC(=O)N2CCCCC2)CC[C@@]12CCCO2. The second-order valence-electron chi connectivity index (χ2n) is 6.67. The summed E-state index contributed by atoms with van der Waals surface area (Å²) in [5.41, 5.74) is -0.0839. The summed E-state index contributed by atoms with van der Waals surface area (Å²) >= 11 is 0. The van der Waals surface area contributed by atoms with Gasteiger partial charge in [-0.05, 0) is 38.5 Å². The first-order valence-corrected chi connectivity index (χ1v) is 8.40. The quantitative estimate of drug-likeness (QED) is 0.786. The lowest BCUT2D eigenvalue weighted by atomic mass is 9.86. The number of hydrogen-bond donors (Lipinski definition) is 0. The molecule has 0 bridgehead atoms. The summed E-state index contributed by atoms with van der Waals surface area (Å²) in [6.45, 7) is 5.03. The van der Waals surface area contributed by atoms with E-state index in [2.05, 4.69) is 4.90 Å². The Kier molecular flexibility index (Phi) is 4.82. The smallest absolute Gasteiger partial charge is 0.236 e. The molecular formula is C16H28N2O3. The van der Waals surface area contributed by atoms with E-state index in [-0.39, 0.29) is 17.6 Å². The van der Waals surface area contributed by atoms with Gasteiger partial charge in [-0.2, -0.15) is 0 Å². The molecule has 5 heteroatoms. The van der Waals surface area contributed by atoms with Crippen LogP contribution in [0.25, 0.3) is 0 Å². The molecule has 0 aliphatic carbocycles. The van der Waals surface area contributed by atoms with E-state index in [9.17, 15) is 4.79 Å². The summed E-state index contributed by atoms with van der Waals surface area (Å²) in [4.78, 5) is 16.7. The molecule has 0 unspecified atom stereocenters. The number of carbonyl (C=O) groups is 1.